The third kappa shape index (κ3) is 3.93. The van der Waals surface area contributed by atoms with E-state index in [1.54, 1.807) is 21.6 Å². The number of hydrogen-bond acceptors (Lipinski definition) is 2. The van der Waals surface area contributed by atoms with Crippen LogP contribution in [-0.4, -0.2) is 44.7 Å². The van der Waals surface area contributed by atoms with Gasteiger partial charge in [0.05, 0.1) is 30.9 Å². The highest BCUT2D eigenvalue weighted by Crippen LogP contribution is 2.48. The fraction of sp³-hybridized carbons (Fsp3) is 0.435. The molecule has 1 amide bonds. The number of hydrogen-bond donors (Lipinski definition) is 2. The number of para-hydroxylation sites is 1. The molecule has 0 aliphatic carbocycles. The van der Waals surface area contributed by atoms with Crippen molar-refractivity contribution in [2.75, 3.05) is 37.6 Å². The van der Waals surface area contributed by atoms with Crippen LogP contribution in [0.5, 0.6) is 0 Å². The van der Waals surface area contributed by atoms with Gasteiger partial charge in [-0.25, -0.2) is 0 Å². The van der Waals surface area contributed by atoms with Gasteiger partial charge < -0.3 is 9.80 Å². The van der Waals surface area contributed by atoms with Crippen LogP contribution in [-0.2, 0) is 4.79 Å². The van der Waals surface area contributed by atoms with E-state index < -0.39 is 0 Å². The number of nitrogens with one attached hydrogen (secondary N) is 2. The van der Waals surface area contributed by atoms with E-state index >= 15 is 0 Å². The van der Waals surface area contributed by atoms with Crippen molar-refractivity contribution in [2.45, 2.75) is 41.5 Å². The van der Waals surface area contributed by atoms with Crippen molar-refractivity contribution >= 4 is 40.6 Å². The summed E-state index contributed by atoms with van der Waals surface area (Å²) in [6.07, 6.45) is 4.69. The van der Waals surface area contributed by atoms with E-state index in [0.717, 1.165) is 33.8 Å². The van der Waals surface area contributed by atoms with Crippen molar-refractivity contribution in [3.63, 3.8) is 0 Å². The Hall–Kier alpha value is -1.53. The van der Waals surface area contributed by atoms with Gasteiger partial charge in [0.15, 0.2) is 0 Å². The van der Waals surface area contributed by atoms with Crippen molar-refractivity contribution in [3.8, 4) is 0 Å². The van der Waals surface area contributed by atoms with Gasteiger partial charge in [-0.2, -0.15) is 0 Å². The van der Waals surface area contributed by atoms with Gasteiger partial charge in [-0.1, -0.05) is 35.5 Å². The van der Waals surface area contributed by atoms with Crippen LogP contribution in [0.1, 0.15) is 25.7 Å². The molecule has 0 bridgehead atoms. The van der Waals surface area contributed by atoms with Crippen LogP contribution < -0.4 is 14.7 Å². The monoisotopic (exact) mass is 429 g/mol. The first-order valence-corrected chi connectivity index (χ1v) is 12.0. The Bertz CT molecular complexity index is 921. The molecule has 2 aromatic carbocycles. The predicted molar refractivity (Wildman–Crippen MR) is 118 cm³/mol. The quantitative estimate of drug-likeness (QED) is 0.783. The highest BCUT2D eigenvalue weighted by Gasteiger charge is 2.36. The van der Waals surface area contributed by atoms with Crippen molar-refractivity contribution in [2.24, 2.45) is 0 Å². The summed E-state index contributed by atoms with van der Waals surface area (Å²) in [5.74, 6) is 0.173. The fourth-order valence-corrected chi connectivity index (χ4v) is 6.34. The minimum atomic E-state index is 0.173. The van der Waals surface area contributed by atoms with Gasteiger partial charge in [-0.15, -0.1) is 0 Å². The topological polar surface area (TPSA) is 29.2 Å². The first-order valence-electron chi connectivity index (χ1n) is 10.8. The number of anilines is 2. The molecule has 2 fully saturated rings. The molecule has 0 radical (unpaired) electrons. The average molecular weight is 430 g/mol. The second-order valence-corrected chi connectivity index (χ2v) is 9.99. The minimum Gasteiger partial charge on any atom is -0.325 e. The summed E-state index contributed by atoms with van der Waals surface area (Å²) in [6, 6.07) is 14.8. The summed E-state index contributed by atoms with van der Waals surface area (Å²) >= 11 is 7.99. The number of carbonyl (C=O) groups is 1. The molecule has 29 heavy (non-hydrogen) atoms. The summed E-state index contributed by atoms with van der Waals surface area (Å²) in [4.78, 5) is 20.9. The molecular formula is C23H28ClN3OS+2. The molecule has 5 rings (SSSR count). The zero-order chi connectivity index (χ0) is 19.8. The maximum absolute atomic E-state index is 13.4. The van der Waals surface area contributed by atoms with Crippen molar-refractivity contribution in [1.82, 2.24) is 0 Å². The van der Waals surface area contributed by atoms with Crippen LogP contribution >= 0.6 is 23.4 Å². The summed E-state index contributed by atoms with van der Waals surface area (Å²) in [5, 5.41) is 0.670. The minimum absolute atomic E-state index is 0.173. The average Bonchev–Trinajstić information content (AvgIpc) is 2.75. The number of benzene rings is 2. The van der Waals surface area contributed by atoms with E-state index in [4.69, 9.17) is 11.6 Å². The first-order chi connectivity index (χ1) is 14.2. The van der Waals surface area contributed by atoms with Gasteiger partial charge in [-0.3, -0.25) is 9.69 Å². The lowest BCUT2D eigenvalue weighted by Gasteiger charge is -2.39. The van der Waals surface area contributed by atoms with Crippen LogP contribution in [0.25, 0.3) is 0 Å². The number of carbonyl (C=O) groups excluding carboxylic acids is 1. The van der Waals surface area contributed by atoms with Gasteiger partial charge in [0.2, 0.25) is 5.91 Å². The lowest BCUT2D eigenvalue weighted by atomic mass is 9.99. The SMILES string of the molecule is O=C(CC[NH+]1CC[NH+]2CCCCC2C1)N1c2ccccc2Sc2ccc(Cl)cc21. The summed E-state index contributed by atoms with van der Waals surface area (Å²) in [5.41, 5.74) is 1.90. The van der Waals surface area contributed by atoms with Gasteiger partial charge in [0, 0.05) is 21.2 Å². The molecule has 3 aliphatic rings. The molecule has 0 saturated carbocycles. The Balaban J connectivity index is 1.33. The van der Waals surface area contributed by atoms with Crippen molar-refractivity contribution in [3.05, 3.63) is 47.5 Å². The molecule has 2 saturated heterocycles. The predicted octanol–water partition coefficient (Wildman–Crippen LogP) is 2.20. The molecule has 2 N–H and O–H groups in total. The van der Waals surface area contributed by atoms with E-state index in [1.165, 1.54) is 45.4 Å². The van der Waals surface area contributed by atoms with Gasteiger partial charge in [0.25, 0.3) is 0 Å². The smallest absolute Gasteiger partial charge is 0.237 e. The van der Waals surface area contributed by atoms with Crippen molar-refractivity contribution < 1.29 is 14.6 Å². The number of piperidine rings is 1. The molecule has 0 aromatic heterocycles. The second kappa shape index (κ2) is 8.31. The van der Waals surface area contributed by atoms with Crippen molar-refractivity contribution in [1.29, 1.82) is 0 Å². The molecule has 3 unspecified atom stereocenters. The molecule has 152 valence electrons. The van der Waals surface area contributed by atoms with E-state index in [1.807, 2.05) is 41.3 Å². The van der Waals surface area contributed by atoms with E-state index in [0.29, 0.717) is 11.4 Å². The highest BCUT2D eigenvalue weighted by molar-refractivity contribution is 7.99. The van der Waals surface area contributed by atoms with E-state index in [-0.39, 0.29) is 5.91 Å². The van der Waals surface area contributed by atoms with Crippen LogP contribution in [0, 0.1) is 0 Å². The van der Waals surface area contributed by atoms with Gasteiger partial charge in [0.1, 0.15) is 25.7 Å². The number of halogens is 1. The lowest BCUT2D eigenvalue weighted by molar-refractivity contribution is -1.03. The third-order valence-corrected chi connectivity index (χ3v) is 8.01. The molecule has 2 aromatic rings. The van der Waals surface area contributed by atoms with E-state index in [9.17, 15) is 4.79 Å². The number of piperazine rings is 1. The number of rotatable bonds is 3. The largest absolute Gasteiger partial charge is 0.325 e. The van der Waals surface area contributed by atoms with Crippen LogP contribution in [0.15, 0.2) is 52.3 Å². The first kappa shape index (κ1) is 19.4. The van der Waals surface area contributed by atoms with Crippen LogP contribution in [0.3, 0.4) is 0 Å². The van der Waals surface area contributed by atoms with E-state index in [2.05, 4.69) is 6.07 Å². The van der Waals surface area contributed by atoms with Crippen LogP contribution in [0.4, 0.5) is 11.4 Å². The van der Waals surface area contributed by atoms with Crippen LogP contribution in [0.2, 0.25) is 5.02 Å². The van der Waals surface area contributed by atoms with Gasteiger partial charge in [-0.05, 0) is 43.2 Å². The summed E-state index contributed by atoms with van der Waals surface area (Å²) < 4.78 is 0. The molecule has 3 aliphatic heterocycles. The Kier molecular flexibility index (Phi) is 5.57. The maximum Gasteiger partial charge on any atom is 0.237 e. The number of quaternary nitrogens is 2. The fourth-order valence-electron chi connectivity index (χ4n) is 5.13. The Morgan fingerprint density at radius 2 is 1.93 bits per heavy atom. The summed E-state index contributed by atoms with van der Waals surface area (Å²) in [6.45, 7) is 5.93. The Morgan fingerprint density at radius 3 is 2.86 bits per heavy atom. The standard InChI is InChI=1S/C23H26ClN3OS/c24-17-8-9-22-20(15-17)27(19-6-1-2-7-21(19)29-22)23(28)10-12-25-13-14-26-11-4-3-5-18(26)16-25/h1-2,6-9,15,18H,3-5,10-14,16H2/p+2. The Morgan fingerprint density at radius 1 is 1.07 bits per heavy atom. The molecular weight excluding hydrogens is 402 g/mol. The number of nitrogens with zero attached hydrogens (tertiary/aromatic N) is 1. The second-order valence-electron chi connectivity index (χ2n) is 8.47. The molecule has 3 atom stereocenters. The highest BCUT2D eigenvalue weighted by atomic mass is 35.5. The maximum atomic E-state index is 13.4. The number of fused-ring (bicyclic) bond motifs is 3. The normalized spacial score (nSPS) is 25.7. The lowest BCUT2D eigenvalue weighted by Crippen LogP contribution is -3.31. The molecule has 4 nitrogen and oxygen atoms in total. The molecule has 0 spiro atoms. The zero-order valence-electron chi connectivity index (χ0n) is 16.6. The molecule has 3 heterocycles. The number of amides is 1. The zero-order valence-corrected chi connectivity index (χ0v) is 18.2. The van der Waals surface area contributed by atoms with Gasteiger partial charge >= 0.3 is 0 Å². The molecule has 6 heteroatoms. The third-order valence-electron chi connectivity index (χ3n) is 6.64. The summed E-state index contributed by atoms with van der Waals surface area (Å²) in [7, 11) is 0. The Labute approximate surface area is 181 Å².